The largest absolute Gasteiger partial charge is 0.504 e. The van der Waals surface area contributed by atoms with Gasteiger partial charge in [0.15, 0.2) is 11.6 Å². The first-order valence-electron chi connectivity index (χ1n) is 4.99. The Morgan fingerprint density at radius 3 is 2.93 bits per heavy atom. The van der Waals surface area contributed by atoms with E-state index in [2.05, 4.69) is 21.2 Å². The van der Waals surface area contributed by atoms with Crippen LogP contribution in [0, 0.1) is 12.7 Å². The molecule has 1 unspecified atom stereocenters. The van der Waals surface area contributed by atoms with Crippen molar-refractivity contribution >= 4 is 15.9 Å². The standard InChI is InChI=1S/C11H13BrFNO/c1-6-4-8(7-2-3-14-5-7)10(13)11(15)9(6)12/h4,7,14-15H,2-3,5H2,1H3. The minimum Gasteiger partial charge on any atom is -0.504 e. The Kier molecular flexibility index (Phi) is 2.98. The van der Waals surface area contributed by atoms with Gasteiger partial charge >= 0.3 is 0 Å². The van der Waals surface area contributed by atoms with Crippen molar-refractivity contribution in [3.63, 3.8) is 0 Å². The van der Waals surface area contributed by atoms with E-state index < -0.39 is 5.82 Å². The molecule has 2 nitrogen and oxygen atoms in total. The van der Waals surface area contributed by atoms with Gasteiger partial charge in [0.05, 0.1) is 4.47 Å². The Balaban J connectivity index is 2.47. The Bertz CT molecular complexity index is 389. The second-order valence-electron chi connectivity index (χ2n) is 3.95. The molecule has 1 aliphatic heterocycles. The first-order valence-corrected chi connectivity index (χ1v) is 5.78. The SMILES string of the molecule is Cc1cc(C2CCNC2)c(F)c(O)c1Br. The molecule has 0 bridgehead atoms. The van der Waals surface area contributed by atoms with E-state index in [1.165, 1.54) is 0 Å². The normalized spacial score (nSPS) is 20.9. The van der Waals surface area contributed by atoms with Crippen molar-refractivity contribution in [2.24, 2.45) is 0 Å². The summed E-state index contributed by atoms with van der Waals surface area (Å²) in [5, 5.41) is 12.8. The highest BCUT2D eigenvalue weighted by molar-refractivity contribution is 9.10. The van der Waals surface area contributed by atoms with E-state index >= 15 is 0 Å². The average molecular weight is 274 g/mol. The van der Waals surface area contributed by atoms with Gasteiger partial charge in [-0.2, -0.15) is 0 Å². The number of hydrogen-bond donors (Lipinski definition) is 2. The fourth-order valence-corrected chi connectivity index (χ4v) is 2.29. The molecule has 2 rings (SSSR count). The average Bonchev–Trinajstić information content (AvgIpc) is 2.73. The van der Waals surface area contributed by atoms with Crippen molar-refractivity contribution in [1.29, 1.82) is 0 Å². The smallest absolute Gasteiger partial charge is 0.169 e. The molecule has 15 heavy (non-hydrogen) atoms. The van der Waals surface area contributed by atoms with Gasteiger partial charge < -0.3 is 10.4 Å². The van der Waals surface area contributed by atoms with E-state index in [4.69, 9.17) is 0 Å². The zero-order chi connectivity index (χ0) is 11.0. The van der Waals surface area contributed by atoms with Crippen molar-refractivity contribution in [2.75, 3.05) is 13.1 Å². The molecule has 1 heterocycles. The zero-order valence-electron chi connectivity index (χ0n) is 8.48. The third-order valence-corrected chi connectivity index (χ3v) is 3.89. The third kappa shape index (κ3) is 1.88. The lowest BCUT2D eigenvalue weighted by atomic mass is 9.96. The molecule has 0 aromatic heterocycles. The molecule has 82 valence electrons. The molecule has 0 aliphatic carbocycles. The number of nitrogens with one attached hydrogen (secondary N) is 1. The van der Waals surface area contributed by atoms with E-state index in [0.29, 0.717) is 10.0 Å². The number of halogens is 2. The first kappa shape index (κ1) is 10.9. The molecule has 1 saturated heterocycles. The Hall–Kier alpha value is -0.610. The van der Waals surface area contributed by atoms with Crippen LogP contribution in [0.5, 0.6) is 5.75 Å². The molecular weight excluding hydrogens is 261 g/mol. The van der Waals surface area contributed by atoms with Crippen LogP contribution in [-0.2, 0) is 0 Å². The molecule has 1 aromatic rings. The maximum absolute atomic E-state index is 13.8. The molecule has 1 aromatic carbocycles. The fraction of sp³-hybridized carbons (Fsp3) is 0.455. The zero-order valence-corrected chi connectivity index (χ0v) is 10.1. The van der Waals surface area contributed by atoms with Gasteiger partial charge in [0.25, 0.3) is 0 Å². The summed E-state index contributed by atoms with van der Waals surface area (Å²) in [7, 11) is 0. The van der Waals surface area contributed by atoms with Crippen LogP contribution in [0.15, 0.2) is 10.5 Å². The van der Waals surface area contributed by atoms with Crippen LogP contribution >= 0.6 is 15.9 Å². The summed E-state index contributed by atoms with van der Waals surface area (Å²) in [6.07, 6.45) is 0.928. The highest BCUT2D eigenvalue weighted by atomic mass is 79.9. The van der Waals surface area contributed by atoms with Crippen LogP contribution < -0.4 is 5.32 Å². The van der Waals surface area contributed by atoms with Gasteiger partial charge in [0.1, 0.15) is 0 Å². The Morgan fingerprint density at radius 1 is 1.60 bits per heavy atom. The minimum atomic E-state index is -0.485. The van der Waals surface area contributed by atoms with Gasteiger partial charge in [-0.1, -0.05) is 6.07 Å². The first-order chi connectivity index (χ1) is 7.11. The third-order valence-electron chi connectivity index (χ3n) is 2.89. The predicted molar refractivity (Wildman–Crippen MR) is 60.7 cm³/mol. The number of aromatic hydroxyl groups is 1. The van der Waals surface area contributed by atoms with E-state index in [9.17, 15) is 9.50 Å². The maximum Gasteiger partial charge on any atom is 0.169 e. The quantitative estimate of drug-likeness (QED) is 0.825. The van der Waals surface area contributed by atoms with Crippen molar-refractivity contribution in [1.82, 2.24) is 5.32 Å². The molecule has 1 aliphatic rings. The fourth-order valence-electron chi connectivity index (χ4n) is 2.00. The number of rotatable bonds is 1. The summed E-state index contributed by atoms with van der Waals surface area (Å²) in [6, 6.07) is 1.82. The number of hydrogen-bond acceptors (Lipinski definition) is 2. The van der Waals surface area contributed by atoms with Gasteiger partial charge in [0, 0.05) is 12.5 Å². The van der Waals surface area contributed by atoms with Crippen LogP contribution in [0.3, 0.4) is 0 Å². The molecule has 1 fully saturated rings. The highest BCUT2D eigenvalue weighted by Crippen LogP contribution is 2.36. The lowest BCUT2D eigenvalue weighted by Gasteiger charge is -2.13. The second-order valence-corrected chi connectivity index (χ2v) is 4.74. The number of benzene rings is 1. The topological polar surface area (TPSA) is 32.3 Å². The molecule has 1 atom stereocenters. The molecule has 0 saturated carbocycles. The summed E-state index contributed by atoms with van der Waals surface area (Å²) in [5.41, 5.74) is 1.49. The summed E-state index contributed by atoms with van der Waals surface area (Å²) >= 11 is 3.17. The van der Waals surface area contributed by atoms with E-state index in [0.717, 1.165) is 25.1 Å². The minimum absolute atomic E-state index is 0.183. The monoisotopic (exact) mass is 273 g/mol. The maximum atomic E-state index is 13.8. The molecule has 4 heteroatoms. The summed E-state index contributed by atoms with van der Waals surface area (Å²) < 4.78 is 14.2. The summed E-state index contributed by atoms with van der Waals surface area (Å²) in [4.78, 5) is 0. The van der Waals surface area contributed by atoms with Gasteiger partial charge in [-0.05, 0) is 46.9 Å². The molecule has 0 radical (unpaired) electrons. The second kappa shape index (κ2) is 4.10. The van der Waals surface area contributed by atoms with Crippen LogP contribution in [-0.4, -0.2) is 18.2 Å². The molecule has 2 N–H and O–H groups in total. The predicted octanol–water partition coefficient (Wildman–Crippen LogP) is 2.68. The van der Waals surface area contributed by atoms with Crippen LogP contribution in [0.2, 0.25) is 0 Å². The van der Waals surface area contributed by atoms with Crippen molar-refractivity contribution in [2.45, 2.75) is 19.3 Å². The van der Waals surface area contributed by atoms with Crippen molar-refractivity contribution in [3.8, 4) is 5.75 Å². The van der Waals surface area contributed by atoms with Crippen molar-refractivity contribution in [3.05, 3.63) is 27.5 Å². The van der Waals surface area contributed by atoms with E-state index in [-0.39, 0.29) is 11.7 Å². The van der Waals surface area contributed by atoms with E-state index in [1.54, 1.807) is 0 Å². The number of phenolic OH excluding ortho intramolecular Hbond substituents is 1. The molecule has 0 amide bonds. The molecule has 0 spiro atoms. The number of phenols is 1. The summed E-state index contributed by atoms with van der Waals surface area (Å²) in [6.45, 7) is 3.56. The van der Waals surface area contributed by atoms with Gasteiger partial charge in [-0.15, -0.1) is 0 Å². The van der Waals surface area contributed by atoms with Crippen molar-refractivity contribution < 1.29 is 9.50 Å². The lowest BCUT2D eigenvalue weighted by Crippen LogP contribution is -2.09. The van der Waals surface area contributed by atoms with Gasteiger partial charge in [-0.3, -0.25) is 0 Å². The lowest BCUT2D eigenvalue weighted by molar-refractivity contribution is 0.422. The van der Waals surface area contributed by atoms with Crippen LogP contribution in [0.25, 0.3) is 0 Å². The highest BCUT2D eigenvalue weighted by Gasteiger charge is 2.23. The van der Waals surface area contributed by atoms with E-state index in [1.807, 2.05) is 13.0 Å². The summed E-state index contributed by atoms with van der Waals surface area (Å²) in [5.74, 6) is -0.569. The van der Waals surface area contributed by atoms with Crippen LogP contribution in [0.4, 0.5) is 4.39 Å². The molecular formula is C11H13BrFNO. The Morgan fingerprint density at radius 2 is 2.33 bits per heavy atom. The van der Waals surface area contributed by atoms with Gasteiger partial charge in [-0.25, -0.2) is 4.39 Å². The van der Waals surface area contributed by atoms with Gasteiger partial charge in [0.2, 0.25) is 0 Å². The van der Waals surface area contributed by atoms with Crippen LogP contribution in [0.1, 0.15) is 23.5 Å². The Labute approximate surface area is 96.6 Å². The number of aryl methyl sites for hydroxylation is 1.